The van der Waals surface area contributed by atoms with Crippen molar-refractivity contribution in [1.82, 2.24) is 4.98 Å². The van der Waals surface area contributed by atoms with E-state index in [1.165, 1.54) is 0 Å². The van der Waals surface area contributed by atoms with Crippen molar-refractivity contribution >= 4 is 16.8 Å². The highest BCUT2D eigenvalue weighted by atomic mass is 14.7. The van der Waals surface area contributed by atoms with Crippen molar-refractivity contribution in [3.8, 4) is 0 Å². The molecule has 1 aromatic rings. The monoisotopic (exact) mass is 174 g/mol. The fourth-order valence-electron chi connectivity index (χ4n) is 0.313. The molecule has 0 spiro atoms. The summed E-state index contributed by atoms with van der Waals surface area (Å²) in [5, 5.41) is 0. The third kappa shape index (κ3) is 35.0. The molecule has 68 valence electrons. The first-order valence-corrected chi connectivity index (χ1v) is 3.64. The second-order valence-electron chi connectivity index (χ2n) is 3.39. The lowest BCUT2D eigenvalue weighted by Crippen LogP contribution is -2.26. The van der Waals surface area contributed by atoms with Crippen LogP contribution >= 0.6 is 0 Å². The smallest absolute Gasteiger partial charge is 0.0267 e. The van der Waals surface area contributed by atoms with Crippen molar-refractivity contribution in [2.45, 2.75) is 26.3 Å². The van der Waals surface area contributed by atoms with E-state index in [0.29, 0.717) is 0 Å². The van der Waals surface area contributed by atoms with Gasteiger partial charge in [0.05, 0.1) is 0 Å². The van der Waals surface area contributed by atoms with Gasteiger partial charge in [-0.1, -0.05) is 6.07 Å². The summed E-state index contributed by atoms with van der Waals surface area (Å²) < 4.78 is 0. The van der Waals surface area contributed by atoms with Crippen LogP contribution in [0.2, 0.25) is 0 Å². The Bertz CT molecular complexity index is 140. The minimum atomic E-state index is 0. The molecule has 2 nitrogen and oxygen atoms in total. The lowest BCUT2D eigenvalue weighted by Gasteiger charge is -2.06. The molecule has 0 aromatic carbocycles. The van der Waals surface area contributed by atoms with E-state index in [1.807, 2.05) is 39.0 Å². The van der Waals surface area contributed by atoms with Crippen molar-refractivity contribution in [3.05, 3.63) is 30.6 Å². The molecule has 0 aliphatic rings. The Labute approximate surface area is 85.1 Å². The normalized spacial score (nSPS) is 8.31. The van der Waals surface area contributed by atoms with Crippen LogP contribution in [-0.4, -0.2) is 27.3 Å². The molecule has 0 amide bonds. The molecule has 0 saturated carbocycles. The van der Waals surface area contributed by atoms with Gasteiger partial charge in [0.2, 0.25) is 0 Å². The van der Waals surface area contributed by atoms with Crippen LogP contribution in [0.4, 0.5) is 0 Å². The second kappa shape index (κ2) is 9.33. The summed E-state index contributed by atoms with van der Waals surface area (Å²) in [4.78, 5) is 3.78. The average Bonchev–Trinajstić information content (AvgIpc) is 1.88. The summed E-state index contributed by atoms with van der Waals surface area (Å²) in [5.74, 6) is 0. The van der Waals surface area contributed by atoms with Gasteiger partial charge >= 0.3 is 0 Å². The van der Waals surface area contributed by atoms with E-state index >= 15 is 0 Å². The minimum absolute atomic E-state index is 0. The number of rotatable bonds is 0. The van der Waals surface area contributed by atoms with Gasteiger partial charge in [-0.25, -0.2) is 0 Å². The molecule has 0 aliphatic carbocycles. The van der Waals surface area contributed by atoms with E-state index in [4.69, 9.17) is 5.73 Å². The summed E-state index contributed by atoms with van der Waals surface area (Å²) in [6, 6.07) is 5.72. The standard InChI is InChI=1S/C5H5N.C4H11N.2B/c1-2-4-6-5-3-1;1-4(2,3)5;;/h1-5H;5H2,1-3H3;;. The van der Waals surface area contributed by atoms with Gasteiger partial charge in [-0.2, -0.15) is 0 Å². The highest BCUT2D eigenvalue weighted by Crippen LogP contribution is 1.88. The molecule has 6 radical (unpaired) electrons. The maximum absolute atomic E-state index is 5.35. The van der Waals surface area contributed by atoms with Crippen LogP contribution in [0.5, 0.6) is 0 Å². The molecule has 0 aliphatic heterocycles. The molecule has 1 rings (SSSR count). The van der Waals surface area contributed by atoms with Gasteiger partial charge < -0.3 is 5.73 Å². The molecule has 0 unspecified atom stereocenters. The van der Waals surface area contributed by atoms with Gasteiger partial charge in [0.15, 0.2) is 0 Å². The highest BCUT2D eigenvalue weighted by Gasteiger charge is 1.95. The van der Waals surface area contributed by atoms with Gasteiger partial charge in [-0.05, 0) is 32.9 Å². The van der Waals surface area contributed by atoms with Crippen molar-refractivity contribution in [2.24, 2.45) is 5.73 Å². The minimum Gasteiger partial charge on any atom is -0.326 e. The predicted molar refractivity (Wildman–Crippen MR) is 59.7 cm³/mol. The third-order valence-electron chi connectivity index (χ3n) is 0.566. The number of hydrogen-bond acceptors (Lipinski definition) is 2. The second-order valence-corrected chi connectivity index (χ2v) is 3.39. The Morgan fingerprint density at radius 3 is 1.31 bits per heavy atom. The number of pyridine rings is 1. The number of nitrogens with two attached hydrogens (primary N) is 1. The Hall–Kier alpha value is -0.760. The number of hydrogen-bond donors (Lipinski definition) is 1. The lowest BCUT2D eigenvalue weighted by molar-refractivity contribution is 0.580. The van der Waals surface area contributed by atoms with E-state index in [-0.39, 0.29) is 22.4 Å². The molecular formula is C9H16B2N2. The van der Waals surface area contributed by atoms with Crippen LogP contribution in [0.25, 0.3) is 0 Å². The average molecular weight is 174 g/mol. The van der Waals surface area contributed by atoms with Gasteiger partial charge in [0.25, 0.3) is 0 Å². The summed E-state index contributed by atoms with van der Waals surface area (Å²) in [5.41, 5.74) is 5.35. The van der Waals surface area contributed by atoms with Gasteiger partial charge in [-0.3, -0.25) is 4.98 Å². The maximum atomic E-state index is 5.35. The lowest BCUT2D eigenvalue weighted by atomic mass is 10.1. The van der Waals surface area contributed by atoms with Crippen molar-refractivity contribution in [1.29, 1.82) is 0 Å². The van der Waals surface area contributed by atoms with Crippen LogP contribution in [0.3, 0.4) is 0 Å². The summed E-state index contributed by atoms with van der Waals surface area (Å²) in [6.45, 7) is 5.90. The van der Waals surface area contributed by atoms with E-state index in [2.05, 4.69) is 4.98 Å². The number of aromatic nitrogens is 1. The molecule has 1 heterocycles. The van der Waals surface area contributed by atoms with Gasteiger partial charge in [-0.15, -0.1) is 0 Å². The molecular weight excluding hydrogens is 158 g/mol. The van der Waals surface area contributed by atoms with Crippen LogP contribution < -0.4 is 5.73 Å². The molecule has 0 saturated heterocycles. The molecule has 13 heavy (non-hydrogen) atoms. The Morgan fingerprint density at radius 1 is 0.923 bits per heavy atom. The van der Waals surface area contributed by atoms with Crippen molar-refractivity contribution in [3.63, 3.8) is 0 Å². The molecule has 0 atom stereocenters. The molecule has 0 bridgehead atoms. The third-order valence-corrected chi connectivity index (χ3v) is 0.566. The Kier molecular flexibility index (Phi) is 13.0. The van der Waals surface area contributed by atoms with Crippen LogP contribution in [-0.2, 0) is 0 Å². The van der Waals surface area contributed by atoms with E-state index in [0.717, 1.165) is 0 Å². The van der Waals surface area contributed by atoms with Crippen LogP contribution in [0, 0.1) is 0 Å². The zero-order chi connectivity index (χ0) is 8.74. The van der Waals surface area contributed by atoms with Crippen LogP contribution in [0.15, 0.2) is 30.6 Å². The summed E-state index contributed by atoms with van der Waals surface area (Å²) >= 11 is 0. The zero-order valence-corrected chi connectivity index (χ0v) is 8.57. The first-order chi connectivity index (χ1) is 5.00. The van der Waals surface area contributed by atoms with Gasteiger partial charge in [0.1, 0.15) is 0 Å². The largest absolute Gasteiger partial charge is 0.326 e. The quantitative estimate of drug-likeness (QED) is 0.597. The zero-order valence-electron chi connectivity index (χ0n) is 8.57. The van der Waals surface area contributed by atoms with Crippen molar-refractivity contribution in [2.75, 3.05) is 0 Å². The molecule has 1 aromatic heterocycles. The fraction of sp³-hybridized carbons (Fsp3) is 0.444. The summed E-state index contributed by atoms with van der Waals surface area (Å²) in [6.07, 6.45) is 3.50. The van der Waals surface area contributed by atoms with Crippen molar-refractivity contribution < 1.29 is 0 Å². The van der Waals surface area contributed by atoms with Crippen LogP contribution in [0.1, 0.15) is 20.8 Å². The first kappa shape index (κ1) is 18.1. The van der Waals surface area contributed by atoms with E-state index in [1.54, 1.807) is 12.4 Å². The highest BCUT2D eigenvalue weighted by molar-refractivity contribution is 5.76. The summed E-state index contributed by atoms with van der Waals surface area (Å²) in [7, 11) is 0. The Morgan fingerprint density at radius 2 is 1.23 bits per heavy atom. The first-order valence-electron chi connectivity index (χ1n) is 3.64. The Balaban J connectivity index is -0.000000136. The molecule has 2 N–H and O–H groups in total. The van der Waals surface area contributed by atoms with E-state index < -0.39 is 0 Å². The number of nitrogens with zero attached hydrogens (tertiary/aromatic N) is 1. The fourth-order valence-corrected chi connectivity index (χ4v) is 0.313. The SMILES string of the molecule is CC(C)(C)N.[B].[B].c1ccncc1. The van der Waals surface area contributed by atoms with E-state index in [9.17, 15) is 0 Å². The van der Waals surface area contributed by atoms with Gasteiger partial charge in [0, 0.05) is 34.8 Å². The molecule has 0 fully saturated rings. The maximum Gasteiger partial charge on any atom is 0.0267 e. The molecule has 4 heteroatoms. The topological polar surface area (TPSA) is 38.9 Å². The predicted octanol–water partition coefficient (Wildman–Crippen LogP) is 1.06.